The second kappa shape index (κ2) is 5.85. The summed E-state index contributed by atoms with van der Waals surface area (Å²) in [6.45, 7) is -0.293. The molecule has 0 rings (SSSR count). The van der Waals surface area contributed by atoms with Crippen LogP contribution in [-0.2, 0) is 4.79 Å². The minimum Gasteiger partial charge on any atom is -0.395 e. The summed E-state index contributed by atoms with van der Waals surface area (Å²) in [5.74, 6) is -0.570. The van der Waals surface area contributed by atoms with Gasteiger partial charge in [-0.25, -0.2) is 0 Å². The van der Waals surface area contributed by atoms with Crippen molar-refractivity contribution in [2.24, 2.45) is 0 Å². The van der Waals surface area contributed by atoms with Crippen LogP contribution in [0.2, 0.25) is 0 Å². The van der Waals surface area contributed by atoms with Crippen LogP contribution >= 0.6 is 0 Å². The Kier molecular flexibility index (Phi) is 5.52. The molecule has 0 aliphatic rings. The molecule has 0 radical (unpaired) electrons. The van der Waals surface area contributed by atoms with Gasteiger partial charge in [0.2, 0.25) is 5.91 Å². The highest BCUT2D eigenvalue weighted by molar-refractivity contribution is 5.76. The lowest BCUT2D eigenvalue weighted by molar-refractivity contribution is -0.162. The van der Waals surface area contributed by atoms with Gasteiger partial charge in [-0.1, -0.05) is 6.92 Å². The summed E-state index contributed by atoms with van der Waals surface area (Å²) in [6, 6.07) is 0. The summed E-state index contributed by atoms with van der Waals surface area (Å²) >= 11 is 0. The van der Waals surface area contributed by atoms with E-state index in [1.807, 2.05) is 0 Å². The van der Waals surface area contributed by atoms with Crippen LogP contribution in [0.15, 0.2) is 0 Å². The van der Waals surface area contributed by atoms with E-state index in [9.17, 15) is 18.0 Å². The monoisotopic (exact) mass is 213 g/mol. The Morgan fingerprint density at radius 2 is 2.00 bits per heavy atom. The quantitative estimate of drug-likeness (QED) is 0.744. The largest absolute Gasteiger partial charge is 0.406 e. The van der Waals surface area contributed by atoms with Gasteiger partial charge < -0.3 is 10.0 Å². The molecule has 0 bridgehead atoms. The van der Waals surface area contributed by atoms with E-state index in [2.05, 4.69) is 0 Å². The Morgan fingerprint density at radius 3 is 2.36 bits per heavy atom. The van der Waals surface area contributed by atoms with Crippen LogP contribution in [0.25, 0.3) is 0 Å². The fourth-order valence-electron chi connectivity index (χ4n) is 1.00. The average molecular weight is 213 g/mol. The molecule has 0 aromatic rings. The lowest BCUT2D eigenvalue weighted by atomic mass is 10.3. The van der Waals surface area contributed by atoms with Crippen molar-refractivity contribution < 1.29 is 23.1 Å². The van der Waals surface area contributed by atoms with Gasteiger partial charge in [-0.15, -0.1) is 0 Å². The zero-order chi connectivity index (χ0) is 11.2. The standard InChI is InChI=1S/C8H14F3NO2/c1-2-3-7(14)12(4-5-13)6-8(9,10)11/h13H,2-6H2,1H3. The highest BCUT2D eigenvalue weighted by atomic mass is 19.4. The summed E-state index contributed by atoms with van der Waals surface area (Å²) < 4.78 is 35.9. The van der Waals surface area contributed by atoms with Crippen molar-refractivity contribution in [1.29, 1.82) is 0 Å². The van der Waals surface area contributed by atoms with Gasteiger partial charge in [-0.05, 0) is 6.42 Å². The molecule has 0 heterocycles. The second-order valence-electron chi connectivity index (χ2n) is 2.90. The van der Waals surface area contributed by atoms with E-state index in [1.165, 1.54) is 0 Å². The number of carbonyl (C=O) groups is 1. The van der Waals surface area contributed by atoms with E-state index < -0.39 is 25.2 Å². The van der Waals surface area contributed by atoms with E-state index in [4.69, 9.17) is 5.11 Å². The van der Waals surface area contributed by atoms with E-state index in [0.29, 0.717) is 11.3 Å². The Bertz CT molecular complexity index is 182. The fourth-order valence-corrected chi connectivity index (χ4v) is 1.00. The lowest BCUT2D eigenvalue weighted by Crippen LogP contribution is -2.40. The average Bonchev–Trinajstić information content (AvgIpc) is 2.01. The van der Waals surface area contributed by atoms with Crippen LogP contribution in [0.1, 0.15) is 19.8 Å². The maximum absolute atomic E-state index is 12.0. The minimum absolute atomic E-state index is 0.0794. The Hall–Kier alpha value is -0.780. The van der Waals surface area contributed by atoms with Crippen molar-refractivity contribution in [3.8, 4) is 0 Å². The van der Waals surface area contributed by atoms with Crippen LogP contribution in [0.3, 0.4) is 0 Å². The maximum atomic E-state index is 12.0. The van der Waals surface area contributed by atoms with Gasteiger partial charge in [0.05, 0.1) is 6.61 Å². The maximum Gasteiger partial charge on any atom is 0.406 e. The number of hydrogen-bond donors (Lipinski definition) is 1. The molecule has 0 aliphatic carbocycles. The van der Waals surface area contributed by atoms with Crippen molar-refractivity contribution in [2.45, 2.75) is 25.9 Å². The van der Waals surface area contributed by atoms with Gasteiger partial charge in [0.1, 0.15) is 6.54 Å². The molecular weight excluding hydrogens is 199 g/mol. The summed E-state index contributed by atoms with van der Waals surface area (Å²) in [6.07, 6.45) is -3.83. The van der Waals surface area contributed by atoms with Crippen molar-refractivity contribution in [3.63, 3.8) is 0 Å². The predicted molar refractivity (Wildman–Crippen MR) is 44.6 cm³/mol. The molecule has 0 aromatic carbocycles. The van der Waals surface area contributed by atoms with Crippen LogP contribution in [0.4, 0.5) is 13.2 Å². The van der Waals surface area contributed by atoms with Gasteiger partial charge >= 0.3 is 6.18 Å². The van der Waals surface area contributed by atoms with Gasteiger partial charge in [0, 0.05) is 13.0 Å². The normalized spacial score (nSPS) is 11.5. The molecule has 84 valence electrons. The molecule has 0 saturated heterocycles. The molecule has 3 nitrogen and oxygen atoms in total. The van der Waals surface area contributed by atoms with Crippen molar-refractivity contribution in [1.82, 2.24) is 4.90 Å². The Labute approximate surface area is 80.5 Å². The number of amides is 1. The van der Waals surface area contributed by atoms with Crippen LogP contribution < -0.4 is 0 Å². The third kappa shape index (κ3) is 5.80. The number of aliphatic hydroxyl groups excluding tert-OH is 1. The van der Waals surface area contributed by atoms with Crippen LogP contribution in [0.5, 0.6) is 0 Å². The molecule has 0 unspecified atom stereocenters. The predicted octanol–water partition coefficient (Wildman–Crippen LogP) is 1.17. The third-order valence-electron chi connectivity index (χ3n) is 1.56. The molecule has 14 heavy (non-hydrogen) atoms. The second-order valence-corrected chi connectivity index (χ2v) is 2.90. The fraction of sp³-hybridized carbons (Fsp3) is 0.875. The van der Waals surface area contributed by atoms with Gasteiger partial charge in [-0.3, -0.25) is 4.79 Å². The zero-order valence-corrected chi connectivity index (χ0v) is 7.97. The molecule has 0 fully saturated rings. The molecule has 0 aromatic heterocycles. The number of alkyl halides is 3. The number of halogens is 3. The molecule has 0 saturated carbocycles. The van der Waals surface area contributed by atoms with Crippen LogP contribution in [0, 0.1) is 0 Å². The molecule has 6 heteroatoms. The zero-order valence-electron chi connectivity index (χ0n) is 7.97. The first-order chi connectivity index (χ1) is 6.40. The number of carbonyl (C=O) groups excluding carboxylic acids is 1. The lowest BCUT2D eigenvalue weighted by Gasteiger charge is -2.22. The smallest absolute Gasteiger partial charge is 0.395 e. The third-order valence-corrected chi connectivity index (χ3v) is 1.56. The van der Waals surface area contributed by atoms with E-state index in [0.717, 1.165) is 0 Å². The number of nitrogens with zero attached hydrogens (tertiary/aromatic N) is 1. The molecule has 0 spiro atoms. The van der Waals surface area contributed by atoms with Gasteiger partial charge in [0.25, 0.3) is 0 Å². The topological polar surface area (TPSA) is 40.5 Å². The first-order valence-electron chi connectivity index (χ1n) is 4.36. The summed E-state index contributed by atoms with van der Waals surface area (Å²) in [7, 11) is 0. The van der Waals surface area contributed by atoms with Crippen molar-refractivity contribution >= 4 is 5.91 Å². The van der Waals surface area contributed by atoms with Crippen molar-refractivity contribution in [3.05, 3.63) is 0 Å². The first kappa shape index (κ1) is 13.2. The molecule has 0 aliphatic heterocycles. The molecule has 0 atom stereocenters. The van der Waals surface area contributed by atoms with E-state index >= 15 is 0 Å². The van der Waals surface area contributed by atoms with Crippen molar-refractivity contribution in [2.75, 3.05) is 19.7 Å². The number of aliphatic hydroxyl groups is 1. The summed E-state index contributed by atoms with van der Waals surface area (Å²) in [5.41, 5.74) is 0. The molecule has 1 N–H and O–H groups in total. The SMILES string of the molecule is CCCC(=O)N(CCO)CC(F)(F)F. The highest BCUT2D eigenvalue weighted by Crippen LogP contribution is 2.16. The highest BCUT2D eigenvalue weighted by Gasteiger charge is 2.32. The minimum atomic E-state index is -4.40. The number of hydrogen-bond acceptors (Lipinski definition) is 2. The summed E-state index contributed by atoms with van der Waals surface area (Å²) in [4.78, 5) is 11.8. The Balaban J connectivity index is 4.21. The van der Waals surface area contributed by atoms with E-state index in [1.54, 1.807) is 6.92 Å². The van der Waals surface area contributed by atoms with E-state index in [-0.39, 0.29) is 13.0 Å². The van der Waals surface area contributed by atoms with Gasteiger partial charge in [0.15, 0.2) is 0 Å². The van der Waals surface area contributed by atoms with Crippen LogP contribution in [-0.4, -0.2) is 41.8 Å². The Morgan fingerprint density at radius 1 is 1.43 bits per heavy atom. The molecular formula is C8H14F3NO2. The summed E-state index contributed by atoms with van der Waals surface area (Å²) in [5, 5.41) is 8.49. The first-order valence-corrected chi connectivity index (χ1v) is 4.36. The van der Waals surface area contributed by atoms with Gasteiger partial charge in [-0.2, -0.15) is 13.2 Å². The molecule has 1 amide bonds. The number of rotatable bonds is 5.